The van der Waals surface area contributed by atoms with Gasteiger partial charge in [-0.05, 0) is 37.0 Å². The monoisotopic (exact) mass is 529 g/mol. The summed E-state index contributed by atoms with van der Waals surface area (Å²) >= 11 is 0. The second-order valence-corrected chi connectivity index (χ2v) is 7.87. The summed E-state index contributed by atoms with van der Waals surface area (Å²) in [4.78, 5) is 11.9. The molecule has 0 amide bonds. The van der Waals surface area contributed by atoms with E-state index in [1.165, 1.54) is 5.56 Å². The highest BCUT2D eigenvalue weighted by molar-refractivity contribution is 14.0. The van der Waals surface area contributed by atoms with Crippen LogP contribution in [0.15, 0.2) is 71.9 Å². The van der Waals surface area contributed by atoms with Crippen molar-refractivity contribution >= 4 is 40.8 Å². The van der Waals surface area contributed by atoms with Gasteiger partial charge in [-0.2, -0.15) is 0 Å². The van der Waals surface area contributed by atoms with E-state index in [0.29, 0.717) is 12.6 Å². The van der Waals surface area contributed by atoms with Gasteiger partial charge in [-0.25, -0.2) is 4.99 Å². The molecule has 0 aliphatic carbocycles. The molecule has 6 heteroatoms. The molecule has 1 aromatic heterocycles. The zero-order valence-electron chi connectivity index (χ0n) is 18.1. The van der Waals surface area contributed by atoms with Crippen molar-refractivity contribution in [2.24, 2.45) is 4.99 Å². The van der Waals surface area contributed by atoms with E-state index in [4.69, 9.17) is 4.99 Å². The fourth-order valence-electron chi connectivity index (χ4n) is 4.05. The summed E-state index contributed by atoms with van der Waals surface area (Å²) in [7, 11) is 0. The molecule has 0 bridgehead atoms. The highest BCUT2D eigenvalue weighted by atomic mass is 127. The molecule has 4 rings (SSSR count). The first-order chi connectivity index (χ1) is 14.8. The number of guanidine groups is 1. The summed E-state index contributed by atoms with van der Waals surface area (Å²) in [5.74, 6) is 0.895. The molecule has 0 unspecified atom stereocenters. The zero-order chi connectivity index (χ0) is 20.6. The number of aromatic nitrogens is 1. The molecule has 0 spiro atoms. The van der Waals surface area contributed by atoms with E-state index in [1.807, 2.05) is 12.3 Å². The summed E-state index contributed by atoms with van der Waals surface area (Å²) in [6, 6.07) is 21.6. The van der Waals surface area contributed by atoms with Crippen molar-refractivity contribution in [2.45, 2.75) is 38.9 Å². The minimum absolute atomic E-state index is 0. The van der Waals surface area contributed by atoms with Crippen LogP contribution >= 0.6 is 24.0 Å². The Hall–Kier alpha value is -2.19. The van der Waals surface area contributed by atoms with E-state index in [1.54, 1.807) is 0 Å². The molecule has 3 aromatic rings. The minimum atomic E-state index is 0. The van der Waals surface area contributed by atoms with Crippen molar-refractivity contribution in [3.05, 3.63) is 78.0 Å². The number of fused-ring (bicyclic) bond motifs is 1. The lowest BCUT2D eigenvalue weighted by atomic mass is 10.0. The average Bonchev–Trinajstić information content (AvgIpc) is 2.79. The van der Waals surface area contributed by atoms with Crippen LogP contribution in [0.5, 0.6) is 0 Å². The Morgan fingerprint density at radius 3 is 2.58 bits per heavy atom. The number of hydrogen-bond acceptors (Lipinski definition) is 3. The molecule has 5 nitrogen and oxygen atoms in total. The number of rotatable bonds is 6. The molecule has 2 N–H and O–H groups in total. The number of benzene rings is 2. The van der Waals surface area contributed by atoms with E-state index in [2.05, 4.69) is 82.0 Å². The normalized spacial score (nSPS) is 15.5. The highest BCUT2D eigenvalue weighted by Crippen LogP contribution is 2.17. The molecule has 0 saturated carbocycles. The number of nitrogens with one attached hydrogen (secondary N) is 2. The van der Waals surface area contributed by atoms with Gasteiger partial charge < -0.3 is 10.6 Å². The van der Waals surface area contributed by atoms with Gasteiger partial charge in [-0.3, -0.25) is 9.88 Å². The van der Waals surface area contributed by atoms with Crippen LogP contribution in [0.1, 0.15) is 30.9 Å². The predicted octanol–water partition coefficient (Wildman–Crippen LogP) is 4.57. The molecule has 2 aromatic carbocycles. The molecule has 1 fully saturated rings. The van der Waals surface area contributed by atoms with Gasteiger partial charge in [0, 0.05) is 43.8 Å². The third-order valence-corrected chi connectivity index (χ3v) is 5.65. The summed E-state index contributed by atoms with van der Waals surface area (Å²) < 4.78 is 0. The van der Waals surface area contributed by atoms with Crippen molar-refractivity contribution < 1.29 is 0 Å². The summed E-state index contributed by atoms with van der Waals surface area (Å²) in [6.45, 7) is 6.84. The Morgan fingerprint density at radius 1 is 1.03 bits per heavy atom. The van der Waals surface area contributed by atoms with E-state index in [9.17, 15) is 0 Å². The standard InChI is InChI=1S/C25H31N5.HI/c1-2-26-25(28-18-22-11-6-10-21-12-7-15-27-24(21)22)29-23-13-16-30(17-14-23)19-20-8-4-3-5-9-20;/h3-12,15,23H,2,13-14,16-19H2,1H3,(H2,26,28,29);1H. The van der Waals surface area contributed by atoms with E-state index >= 15 is 0 Å². The van der Waals surface area contributed by atoms with E-state index in [0.717, 1.165) is 61.4 Å². The number of likely N-dealkylation sites (tertiary alicyclic amines) is 1. The Labute approximate surface area is 202 Å². The first-order valence-corrected chi connectivity index (χ1v) is 11.0. The highest BCUT2D eigenvalue weighted by Gasteiger charge is 2.20. The maximum Gasteiger partial charge on any atom is 0.191 e. The van der Waals surface area contributed by atoms with Gasteiger partial charge in [0.2, 0.25) is 0 Å². The van der Waals surface area contributed by atoms with Crippen molar-refractivity contribution in [3.8, 4) is 0 Å². The number of hydrogen-bond donors (Lipinski definition) is 2. The van der Waals surface area contributed by atoms with Crippen molar-refractivity contribution in [3.63, 3.8) is 0 Å². The first-order valence-electron chi connectivity index (χ1n) is 11.0. The van der Waals surface area contributed by atoms with Crippen LogP contribution in [0.25, 0.3) is 10.9 Å². The molecule has 2 heterocycles. The molecular formula is C25H32IN5. The Morgan fingerprint density at radius 2 is 1.81 bits per heavy atom. The molecule has 31 heavy (non-hydrogen) atoms. The second kappa shape index (κ2) is 12.0. The summed E-state index contributed by atoms with van der Waals surface area (Å²) in [5.41, 5.74) is 3.58. The number of pyridine rings is 1. The third kappa shape index (κ3) is 6.64. The van der Waals surface area contributed by atoms with Crippen LogP contribution in [-0.2, 0) is 13.1 Å². The van der Waals surface area contributed by atoms with Gasteiger partial charge >= 0.3 is 0 Å². The Kier molecular flexibility index (Phi) is 9.09. The maximum atomic E-state index is 4.86. The molecule has 164 valence electrons. The van der Waals surface area contributed by atoms with Gasteiger partial charge in [0.15, 0.2) is 5.96 Å². The topological polar surface area (TPSA) is 52.6 Å². The quantitative estimate of drug-likeness (QED) is 0.279. The lowest BCUT2D eigenvalue weighted by molar-refractivity contribution is 0.198. The van der Waals surface area contributed by atoms with Crippen molar-refractivity contribution in [2.75, 3.05) is 19.6 Å². The van der Waals surface area contributed by atoms with Crippen LogP contribution < -0.4 is 10.6 Å². The van der Waals surface area contributed by atoms with Gasteiger partial charge in [0.05, 0.1) is 12.1 Å². The molecule has 0 atom stereocenters. The zero-order valence-corrected chi connectivity index (χ0v) is 20.5. The minimum Gasteiger partial charge on any atom is -0.357 e. The van der Waals surface area contributed by atoms with Crippen LogP contribution in [0.4, 0.5) is 0 Å². The Balaban J connectivity index is 0.00000272. The van der Waals surface area contributed by atoms with Gasteiger partial charge in [0.25, 0.3) is 0 Å². The number of nitrogens with zero attached hydrogens (tertiary/aromatic N) is 3. The Bertz CT molecular complexity index is 963. The van der Waals surface area contributed by atoms with Crippen LogP contribution in [0.2, 0.25) is 0 Å². The van der Waals surface area contributed by atoms with Crippen LogP contribution in [0, 0.1) is 0 Å². The molecule has 1 aliphatic rings. The number of aliphatic imine (C=N–C) groups is 1. The lowest BCUT2D eigenvalue weighted by Gasteiger charge is -2.33. The van der Waals surface area contributed by atoms with E-state index < -0.39 is 0 Å². The van der Waals surface area contributed by atoms with Crippen molar-refractivity contribution in [1.82, 2.24) is 20.5 Å². The molecule has 0 radical (unpaired) electrons. The summed E-state index contributed by atoms with van der Waals surface area (Å²) in [5, 5.41) is 8.22. The third-order valence-electron chi connectivity index (χ3n) is 5.65. The SMILES string of the molecule is CCNC(=NCc1cccc2cccnc12)NC1CCN(Cc2ccccc2)CC1.I. The van der Waals surface area contributed by atoms with Crippen molar-refractivity contribution in [1.29, 1.82) is 0 Å². The molecule has 1 aliphatic heterocycles. The fourth-order valence-corrected chi connectivity index (χ4v) is 4.05. The van der Waals surface area contributed by atoms with Crippen LogP contribution in [0.3, 0.4) is 0 Å². The second-order valence-electron chi connectivity index (χ2n) is 7.87. The molecule has 1 saturated heterocycles. The maximum absolute atomic E-state index is 4.86. The average molecular weight is 529 g/mol. The van der Waals surface area contributed by atoms with Gasteiger partial charge in [-0.15, -0.1) is 24.0 Å². The van der Waals surface area contributed by atoms with Gasteiger partial charge in [0.1, 0.15) is 0 Å². The number of para-hydroxylation sites is 1. The first kappa shape index (κ1) is 23.5. The molecular weight excluding hydrogens is 497 g/mol. The largest absolute Gasteiger partial charge is 0.357 e. The fraction of sp³-hybridized carbons (Fsp3) is 0.360. The van der Waals surface area contributed by atoms with E-state index in [-0.39, 0.29) is 24.0 Å². The lowest BCUT2D eigenvalue weighted by Crippen LogP contribution is -2.48. The predicted molar refractivity (Wildman–Crippen MR) is 140 cm³/mol. The number of halogens is 1. The smallest absolute Gasteiger partial charge is 0.191 e. The number of piperidine rings is 1. The summed E-state index contributed by atoms with van der Waals surface area (Å²) in [6.07, 6.45) is 4.11. The van der Waals surface area contributed by atoms with Gasteiger partial charge in [-0.1, -0.05) is 54.6 Å². The van der Waals surface area contributed by atoms with Crippen LogP contribution in [-0.4, -0.2) is 41.5 Å².